The fraction of sp³-hybridized carbons (Fsp3) is 0.417. The van der Waals surface area contributed by atoms with E-state index in [1.165, 1.54) is 0 Å². The minimum Gasteiger partial charge on any atom is -0.492 e. The van der Waals surface area contributed by atoms with Crippen molar-refractivity contribution in [3.63, 3.8) is 0 Å². The molecule has 0 radical (unpaired) electrons. The SMILES string of the molecule is CCN(CCOc1ccc(-c2nc3cc(Br)cnc3[nH]2)cc1)CCN(C)C.O=C(O)C(F)(F)F.O=C(O)C(F)(F)F. The molecule has 0 aliphatic carbocycles. The Kier molecular flexibility index (Phi) is 14.0. The lowest BCUT2D eigenvalue weighted by atomic mass is 10.2. The summed E-state index contributed by atoms with van der Waals surface area (Å²) >= 11 is 3.42. The number of ether oxygens (including phenoxy) is 1. The third-order valence-electron chi connectivity index (χ3n) is 4.90. The van der Waals surface area contributed by atoms with Gasteiger partial charge >= 0.3 is 24.3 Å². The number of carboxylic acids is 2. The second-order valence-electron chi connectivity index (χ2n) is 8.32. The molecule has 0 aliphatic heterocycles. The Morgan fingerprint density at radius 2 is 1.51 bits per heavy atom. The summed E-state index contributed by atoms with van der Waals surface area (Å²) in [4.78, 5) is 34.6. The average Bonchev–Trinajstić information content (AvgIpc) is 3.29. The Bertz CT molecular complexity index is 1230. The third kappa shape index (κ3) is 13.7. The van der Waals surface area contributed by atoms with Crippen LogP contribution >= 0.6 is 15.9 Å². The summed E-state index contributed by atoms with van der Waals surface area (Å²) in [5, 5.41) is 14.2. The number of fused-ring (bicyclic) bond motifs is 1. The summed E-state index contributed by atoms with van der Waals surface area (Å²) in [6, 6.07) is 9.97. The van der Waals surface area contributed by atoms with Gasteiger partial charge in [-0.05, 0) is 66.9 Å². The molecule has 0 atom stereocenters. The van der Waals surface area contributed by atoms with Crippen LogP contribution in [-0.2, 0) is 9.59 Å². The zero-order chi connectivity index (χ0) is 31.4. The number of rotatable bonds is 9. The molecule has 3 rings (SSSR count). The lowest BCUT2D eigenvalue weighted by Crippen LogP contribution is -2.34. The monoisotopic (exact) mass is 659 g/mol. The van der Waals surface area contributed by atoms with E-state index >= 15 is 0 Å². The van der Waals surface area contributed by atoms with Gasteiger partial charge in [0, 0.05) is 35.9 Å². The number of aromatic amines is 1. The number of nitrogens with one attached hydrogen (secondary N) is 1. The van der Waals surface area contributed by atoms with Crippen molar-refractivity contribution in [2.24, 2.45) is 0 Å². The minimum absolute atomic E-state index is 0.684. The number of imidazole rings is 1. The number of carboxylic acid groups (broad SMARTS) is 2. The number of benzene rings is 1. The molecule has 3 aromatic rings. The van der Waals surface area contributed by atoms with Gasteiger partial charge in [0.2, 0.25) is 0 Å². The first kappa shape index (κ1) is 35.6. The van der Waals surface area contributed by atoms with Crippen LogP contribution in [-0.4, -0.2) is 106 Å². The fourth-order valence-corrected chi connectivity index (χ4v) is 3.10. The maximum absolute atomic E-state index is 10.6. The normalized spacial score (nSPS) is 11.5. The van der Waals surface area contributed by atoms with Gasteiger partial charge in [0.25, 0.3) is 0 Å². The number of hydrogen-bond acceptors (Lipinski definition) is 7. The van der Waals surface area contributed by atoms with E-state index in [9.17, 15) is 26.3 Å². The van der Waals surface area contributed by atoms with Crippen LogP contribution in [0, 0.1) is 0 Å². The Morgan fingerprint density at radius 3 is 1.98 bits per heavy atom. The molecule has 17 heteroatoms. The van der Waals surface area contributed by atoms with Crippen LogP contribution in [0.2, 0.25) is 0 Å². The van der Waals surface area contributed by atoms with Crippen molar-refractivity contribution in [3.05, 3.63) is 41.0 Å². The molecule has 2 heterocycles. The molecule has 0 fully saturated rings. The average molecular weight is 660 g/mol. The largest absolute Gasteiger partial charge is 0.492 e. The van der Waals surface area contributed by atoms with Crippen LogP contribution in [0.15, 0.2) is 41.0 Å². The summed E-state index contributed by atoms with van der Waals surface area (Å²) in [5.41, 5.74) is 2.64. The first-order valence-corrected chi connectivity index (χ1v) is 12.4. The molecule has 0 saturated heterocycles. The number of likely N-dealkylation sites (N-methyl/N-ethyl adjacent to an activating group) is 2. The smallest absolute Gasteiger partial charge is 0.490 e. The quantitative estimate of drug-likeness (QED) is 0.274. The van der Waals surface area contributed by atoms with Gasteiger partial charge in [-0.3, -0.25) is 4.90 Å². The number of hydrogen-bond donors (Lipinski definition) is 3. The van der Waals surface area contributed by atoms with Crippen molar-refractivity contribution in [3.8, 4) is 17.1 Å². The molecule has 10 nitrogen and oxygen atoms in total. The fourth-order valence-electron chi connectivity index (χ4n) is 2.78. The molecule has 0 amide bonds. The first-order chi connectivity index (χ1) is 18.9. The van der Waals surface area contributed by atoms with E-state index in [4.69, 9.17) is 24.5 Å². The van der Waals surface area contributed by atoms with E-state index < -0.39 is 24.3 Å². The molecule has 228 valence electrons. The van der Waals surface area contributed by atoms with Crippen molar-refractivity contribution < 1.29 is 50.9 Å². The number of nitrogens with zero attached hydrogens (tertiary/aromatic N) is 4. The van der Waals surface area contributed by atoms with Crippen LogP contribution < -0.4 is 4.74 Å². The predicted molar refractivity (Wildman–Crippen MR) is 141 cm³/mol. The minimum atomic E-state index is -5.08. The van der Waals surface area contributed by atoms with Crippen LogP contribution in [0.5, 0.6) is 5.75 Å². The van der Waals surface area contributed by atoms with Gasteiger partial charge in [0.1, 0.15) is 23.7 Å². The van der Waals surface area contributed by atoms with Crippen molar-refractivity contribution in [1.29, 1.82) is 0 Å². The highest BCUT2D eigenvalue weighted by molar-refractivity contribution is 9.10. The second kappa shape index (κ2) is 16.1. The van der Waals surface area contributed by atoms with Crippen molar-refractivity contribution >= 4 is 39.0 Å². The molecule has 3 N–H and O–H groups in total. The topological polar surface area (TPSA) is 132 Å². The van der Waals surface area contributed by atoms with E-state index in [0.717, 1.165) is 59.0 Å². The van der Waals surface area contributed by atoms with Crippen molar-refractivity contribution in [2.45, 2.75) is 19.3 Å². The number of carbonyl (C=O) groups is 2. The highest BCUT2D eigenvalue weighted by atomic mass is 79.9. The third-order valence-corrected chi connectivity index (χ3v) is 5.34. The van der Waals surface area contributed by atoms with Gasteiger partial charge in [0.15, 0.2) is 5.65 Å². The molecular weight excluding hydrogens is 632 g/mol. The van der Waals surface area contributed by atoms with Gasteiger partial charge < -0.3 is 24.8 Å². The van der Waals surface area contributed by atoms with Gasteiger partial charge in [-0.15, -0.1) is 0 Å². The van der Waals surface area contributed by atoms with Gasteiger partial charge in [-0.25, -0.2) is 19.6 Å². The Labute approximate surface area is 239 Å². The number of H-pyrrole nitrogens is 1. The van der Waals surface area contributed by atoms with Crippen LogP contribution in [0.1, 0.15) is 6.92 Å². The number of alkyl halides is 6. The summed E-state index contributed by atoms with van der Waals surface area (Å²) < 4.78 is 70.3. The summed E-state index contributed by atoms with van der Waals surface area (Å²) in [6.07, 6.45) is -8.40. The molecule has 1 aromatic carbocycles. The summed E-state index contributed by atoms with van der Waals surface area (Å²) in [6.45, 7) is 6.95. The summed E-state index contributed by atoms with van der Waals surface area (Å²) in [5.74, 6) is -3.83. The van der Waals surface area contributed by atoms with Crippen molar-refractivity contribution in [1.82, 2.24) is 24.8 Å². The van der Waals surface area contributed by atoms with Crippen molar-refractivity contribution in [2.75, 3.05) is 46.9 Å². The van der Waals surface area contributed by atoms with Crippen LogP contribution in [0.4, 0.5) is 26.3 Å². The number of halogens is 7. The maximum Gasteiger partial charge on any atom is 0.490 e. The molecule has 0 aliphatic rings. The zero-order valence-electron chi connectivity index (χ0n) is 22.1. The van der Waals surface area contributed by atoms with Gasteiger partial charge in [-0.1, -0.05) is 6.92 Å². The first-order valence-electron chi connectivity index (χ1n) is 11.7. The number of aliphatic carboxylic acids is 2. The zero-order valence-corrected chi connectivity index (χ0v) is 23.6. The second-order valence-corrected chi connectivity index (χ2v) is 9.24. The molecule has 0 bridgehead atoms. The molecule has 0 spiro atoms. The van der Waals surface area contributed by atoms with Gasteiger partial charge in [0.05, 0.1) is 0 Å². The molecule has 41 heavy (non-hydrogen) atoms. The lowest BCUT2D eigenvalue weighted by molar-refractivity contribution is -0.193. The predicted octanol–water partition coefficient (Wildman–Crippen LogP) is 4.92. The standard InChI is InChI=1S/C20H26BrN5O.2C2HF3O2/c1-4-26(10-9-25(2)3)11-12-27-17-7-5-15(6-8-17)19-23-18-13-16(21)14-22-20(18)24-19;2*3-2(4,5)1(6)7/h5-8,13-14H,4,9-12H2,1-3H3,(H,22,23,24);2*(H,6,7). The van der Waals surface area contributed by atoms with Gasteiger partial charge in [-0.2, -0.15) is 26.3 Å². The summed E-state index contributed by atoms with van der Waals surface area (Å²) in [7, 11) is 4.20. The molecule has 2 aromatic heterocycles. The molecule has 0 saturated carbocycles. The van der Waals surface area contributed by atoms with Crippen LogP contribution in [0.25, 0.3) is 22.6 Å². The Hall–Kier alpha value is -3.44. The highest BCUT2D eigenvalue weighted by Crippen LogP contribution is 2.23. The lowest BCUT2D eigenvalue weighted by Gasteiger charge is -2.22. The van der Waals surface area contributed by atoms with E-state index in [-0.39, 0.29) is 0 Å². The highest BCUT2D eigenvalue weighted by Gasteiger charge is 2.38. The number of pyridine rings is 1. The van der Waals surface area contributed by atoms with E-state index in [1.54, 1.807) is 6.20 Å². The Morgan fingerprint density at radius 1 is 0.976 bits per heavy atom. The molecular formula is C24H28BrF6N5O5. The maximum atomic E-state index is 10.6. The molecule has 0 unspecified atom stereocenters. The number of aromatic nitrogens is 3. The Balaban J connectivity index is 0.000000497. The van der Waals surface area contributed by atoms with E-state index in [0.29, 0.717) is 6.61 Å². The van der Waals surface area contributed by atoms with E-state index in [1.807, 2.05) is 30.3 Å². The van der Waals surface area contributed by atoms with E-state index in [2.05, 4.69) is 61.7 Å². The van der Waals surface area contributed by atoms with Crippen LogP contribution in [0.3, 0.4) is 0 Å².